The van der Waals surface area contributed by atoms with Gasteiger partial charge in [0.05, 0.1) is 26.8 Å². The van der Waals surface area contributed by atoms with Crippen molar-refractivity contribution in [1.82, 2.24) is 4.90 Å². The summed E-state index contributed by atoms with van der Waals surface area (Å²) in [4.78, 5) is 2.22. The van der Waals surface area contributed by atoms with Crippen LogP contribution in [-0.4, -0.2) is 31.7 Å². The molecule has 1 aliphatic carbocycles. The van der Waals surface area contributed by atoms with Gasteiger partial charge in [-0.3, -0.25) is 4.90 Å². The Morgan fingerprint density at radius 2 is 2.10 bits per heavy atom. The molecule has 1 aromatic carbocycles. The molecule has 0 aliphatic heterocycles. The van der Waals surface area contributed by atoms with E-state index in [4.69, 9.17) is 14.7 Å². The molecule has 1 atom stereocenters. The Morgan fingerprint density at radius 3 is 2.65 bits per heavy atom. The van der Waals surface area contributed by atoms with Crippen molar-refractivity contribution >= 4 is 0 Å². The van der Waals surface area contributed by atoms with E-state index in [-0.39, 0.29) is 0 Å². The summed E-state index contributed by atoms with van der Waals surface area (Å²) in [6.07, 6.45) is 2.56. The van der Waals surface area contributed by atoms with E-state index < -0.39 is 0 Å². The number of nitrogens with zero attached hydrogens (tertiary/aromatic N) is 2. The second-order valence-electron chi connectivity index (χ2n) is 5.32. The molecule has 0 aromatic heterocycles. The molecule has 0 bridgehead atoms. The summed E-state index contributed by atoms with van der Waals surface area (Å²) in [6, 6.07) is 8.56. The smallest absolute Gasteiger partial charge is 0.127 e. The topological polar surface area (TPSA) is 45.5 Å². The van der Waals surface area contributed by atoms with Crippen molar-refractivity contribution < 1.29 is 9.47 Å². The second-order valence-corrected chi connectivity index (χ2v) is 5.32. The fourth-order valence-electron chi connectivity index (χ4n) is 2.51. The Balaban J connectivity index is 2.15. The van der Waals surface area contributed by atoms with E-state index >= 15 is 0 Å². The van der Waals surface area contributed by atoms with Crippen LogP contribution in [0.2, 0.25) is 0 Å². The minimum atomic E-state index is 0.446. The SMILES string of the molecule is COc1ccc(CN(CC#N)C(C)C2CC2)c(OC)c1. The Hall–Kier alpha value is -1.73. The number of methoxy groups -OCH3 is 2. The fraction of sp³-hybridized carbons (Fsp3) is 0.562. The standard InChI is InChI=1S/C16H22N2O2/c1-12(13-4-5-13)18(9-8-17)11-14-6-7-15(19-2)10-16(14)20-3/h6-7,10,12-13H,4-5,9,11H2,1-3H3. The maximum absolute atomic E-state index is 9.03. The largest absolute Gasteiger partial charge is 0.497 e. The van der Waals surface area contributed by atoms with Gasteiger partial charge in [0.1, 0.15) is 11.5 Å². The molecule has 1 fully saturated rings. The fourth-order valence-corrected chi connectivity index (χ4v) is 2.51. The average molecular weight is 274 g/mol. The number of rotatable bonds is 7. The highest BCUT2D eigenvalue weighted by Crippen LogP contribution is 2.36. The van der Waals surface area contributed by atoms with Crippen molar-refractivity contribution in [2.75, 3.05) is 20.8 Å². The Labute approximate surface area is 120 Å². The summed E-state index contributed by atoms with van der Waals surface area (Å²) in [5.74, 6) is 2.34. The monoisotopic (exact) mass is 274 g/mol. The van der Waals surface area contributed by atoms with Gasteiger partial charge in [-0.25, -0.2) is 0 Å². The first-order chi connectivity index (χ1) is 9.69. The van der Waals surface area contributed by atoms with E-state index in [9.17, 15) is 0 Å². The number of hydrogen-bond acceptors (Lipinski definition) is 4. The van der Waals surface area contributed by atoms with Gasteiger partial charge in [0, 0.05) is 24.2 Å². The lowest BCUT2D eigenvalue weighted by Crippen LogP contribution is -2.34. The van der Waals surface area contributed by atoms with Crippen LogP contribution in [0.4, 0.5) is 0 Å². The van der Waals surface area contributed by atoms with E-state index in [0.29, 0.717) is 12.6 Å². The Morgan fingerprint density at radius 1 is 1.35 bits per heavy atom. The highest BCUT2D eigenvalue weighted by Gasteiger charge is 2.32. The molecule has 1 aromatic rings. The zero-order chi connectivity index (χ0) is 14.5. The molecule has 2 rings (SSSR count). The Bertz CT molecular complexity index is 492. The second kappa shape index (κ2) is 6.62. The van der Waals surface area contributed by atoms with Crippen LogP contribution in [0.3, 0.4) is 0 Å². The third-order valence-corrected chi connectivity index (χ3v) is 4.02. The van der Waals surface area contributed by atoms with Gasteiger partial charge in [-0.1, -0.05) is 6.07 Å². The maximum Gasteiger partial charge on any atom is 0.127 e. The number of hydrogen-bond donors (Lipinski definition) is 0. The highest BCUT2D eigenvalue weighted by atomic mass is 16.5. The molecule has 1 saturated carbocycles. The summed E-state index contributed by atoms with van der Waals surface area (Å²) < 4.78 is 10.6. The molecular weight excluding hydrogens is 252 g/mol. The molecule has 0 heterocycles. The van der Waals surface area contributed by atoms with Crippen LogP contribution in [0.15, 0.2) is 18.2 Å². The van der Waals surface area contributed by atoms with Crippen LogP contribution in [-0.2, 0) is 6.54 Å². The first-order valence-corrected chi connectivity index (χ1v) is 7.01. The first-order valence-electron chi connectivity index (χ1n) is 7.01. The summed E-state index contributed by atoms with van der Waals surface area (Å²) in [5.41, 5.74) is 1.09. The molecule has 0 radical (unpaired) electrons. The molecule has 1 unspecified atom stereocenters. The molecule has 0 spiro atoms. The van der Waals surface area contributed by atoms with Crippen molar-refractivity contribution in [3.8, 4) is 17.6 Å². The minimum Gasteiger partial charge on any atom is -0.497 e. The van der Waals surface area contributed by atoms with Crippen LogP contribution in [0, 0.1) is 17.2 Å². The van der Waals surface area contributed by atoms with E-state index in [1.807, 2.05) is 18.2 Å². The first kappa shape index (κ1) is 14.7. The lowest BCUT2D eigenvalue weighted by molar-refractivity contribution is 0.201. The van der Waals surface area contributed by atoms with Gasteiger partial charge < -0.3 is 9.47 Å². The van der Waals surface area contributed by atoms with Crippen molar-refractivity contribution in [2.24, 2.45) is 5.92 Å². The molecule has 4 nitrogen and oxygen atoms in total. The average Bonchev–Trinajstić information content (AvgIpc) is 3.31. The van der Waals surface area contributed by atoms with Gasteiger partial charge in [-0.05, 0) is 31.7 Å². The van der Waals surface area contributed by atoms with Gasteiger partial charge in [0.15, 0.2) is 0 Å². The van der Waals surface area contributed by atoms with E-state index in [1.54, 1.807) is 14.2 Å². The molecule has 0 N–H and O–H groups in total. The lowest BCUT2D eigenvalue weighted by atomic mass is 10.1. The van der Waals surface area contributed by atoms with Crippen LogP contribution in [0.5, 0.6) is 11.5 Å². The van der Waals surface area contributed by atoms with Gasteiger partial charge in [-0.15, -0.1) is 0 Å². The summed E-state index contributed by atoms with van der Waals surface area (Å²) in [7, 11) is 3.31. The van der Waals surface area contributed by atoms with Crippen LogP contribution < -0.4 is 9.47 Å². The molecule has 20 heavy (non-hydrogen) atoms. The zero-order valence-electron chi connectivity index (χ0n) is 12.4. The predicted molar refractivity (Wildman–Crippen MR) is 77.8 cm³/mol. The zero-order valence-corrected chi connectivity index (χ0v) is 12.4. The van der Waals surface area contributed by atoms with E-state index in [2.05, 4.69) is 17.9 Å². The molecule has 4 heteroatoms. The molecule has 108 valence electrons. The number of benzene rings is 1. The van der Waals surface area contributed by atoms with E-state index in [1.165, 1.54) is 12.8 Å². The van der Waals surface area contributed by atoms with Gasteiger partial charge in [0.25, 0.3) is 0 Å². The van der Waals surface area contributed by atoms with Crippen molar-refractivity contribution in [3.05, 3.63) is 23.8 Å². The molecule has 1 aliphatic rings. The molecule has 0 saturated heterocycles. The molecular formula is C16H22N2O2. The third kappa shape index (κ3) is 3.43. The maximum atomic E-state index is 9.03. The van der Waals surface area contributed by atoms with Crippen LogP contribution in [0.25, 0.3) is 0 Å². The van der Waals surface area contributed by atoms with Gasteiger partial charge in [0.2, 0.25) is 0 Å². The van der Waals surface area contributed by atoms with Gasteiger partial charge >= 0.3 is 0 Å². The van der Waals surface area contributed by atoms with Crippen molar-refractivity contribution in [1.29, 1.82) is 5.26 Å². The van der Waals surface area contributed by atoms with Gasteiger partial charge in [-0.2, -0.15) is 5.26 Å². The molecule has 0 amide bonds. The number of nitriles is 1. The number of ether oxygens (including phenoxy) is 2. The van der Waals surface area contributed by atoms with Crippen molar-refractivity contribution in [3.63, 3.8) is 0 Å². The van der Waals surface area contributed by atoms with E-state index in [0.717, 1.165) is 29.5 Å². The predicted octanol–water partition coefficient (Wildman–Crippen LogP) is 2.83. The summed E-state index contributed by atoms with van der Waals surface area (Å²) in [5, 5.41) is 9.03. The lowest BCUT2D eigenvalue weighted by Gasteiger charge is -2.27. The normalized spacial score (nSPS) is 15.8. The quantitative estimate of drug-likeness (QED) is 0.717. The third-order valence-electron chi connectivity index (χ3n) is 4.02. The minimum absolute atomic E-state index is 0.446. The highest BCUT2D eigenvalue weighted by molar-refractivity contribution is 5.40. The summed E-state index contributed by atoms with van der Waals surface area (Å²) in [6.45, 7) is 3.40. The summed E-state index contributed by atoms with van der Waals surface area (Å²) >= 11 is 0. The van der Waals surface area contributed by atoms with Crippen LogP contribution >= 0.6 is 0 Å². The Kier molecular flexibility index (Phi) is 4.86. The van der Waals surface area contributed by atoms with Crippen LogP contribution in [0.1, 0.15) is 25.3 Å². The van der Waals surface area contributed by atoms with Crippen molar-refractivity contribution in [2.45, 2.75) is 32.4 Å².